The van der Waals surface area contributed by atoms with Gasteiger partial charge in [0.05, 0.1) is 6.61 Å². The lowest BCUT2D eigenvalue weighted by atomic mass is 9.93. The number of esters is 1. The predicted octanol–water partition coefficient (Wildman–Crippen LogP) is 5.48. The Balaban J connectivity index is 2.09. The fraction of sp³-hybridized carbons (Fsp3) is 0.217. The van der Waals surface area contributed by atoms with Gasteiger partial charge in [-0.2, -0.15) is 0 Å². The lowest BCUT2D eigenvalue weighted by molar-refractivity contribution is -0.143. The van der Waals surface area contributed by atoms with Crippen molar-refractivity contribution in [3.63, 3.8) is 0 Å². The summed E-state index contributed by atoms with van der Waals surface area (Å²) in [6.45, 7) is 3.47. The third kappa shape index (κ3) is 4.42. The third-order valence-electron chi connectivity index (χ3n) is 4.51. The second kappa shape index (κ2) is 8.30. The summed E-state index contributed by atoms with van der Waals surface area (Å²) in [6, 6.07) is 12.1. The summed E-state index contributed by atoms with van der Waals surface area (Å²) in [5.41, 5.74) is 2.18. The van der Waals surface area contributed by atoms with Crippen LogP contribution in [0.15, 0.2) is 48.5 Å². The molecule has 0 aliphatic carbocycles. The minimum Gasteiger partial charge on any atom is -0.466 e. The maximum Gasteiger partial charge on any atom is 0.306 e. The van der Waals surface area contributed by atoms with Crippen molar-refractivity contribution in [2.24, 2.45) is 0 Å². The van der Waals surface area contributed by atoms with E-state index in [1.807, 2.05) is 0 Å². The van der Waals surface area contributed by atoms with Gasteiger partial charge < -0.3 is 4.74 Å². The van der Waals surface area contributed by atoms with Gasteiger partial charge in [-0.15, -0.1) is 0 Å². The highest BCUT2D eigenvalue weighted by Crippen LogP contribution is 2.32. The minimum atomic E-state index is -0.464. The zero-order valence-corrected chi connectivity index (χ0v) is 15.7. The number of carbonyl (C=O) groups is 2. The summed E-state index contributed by atoms with van der Waals surface area (Å²) in [5, 5.41) is 1.29. The second-order valence-corrected chi connectivity index (χ2v) is 6.60. The normalized spacial score (nSPS) is 10.9. The molecule has 0 atom stereocenters. The molecule has 3 aromatic carbocycles. The maximum atomic E-state index is 14.3. The Morgan fingerprint density at radius 1 is 0.964 bits per heavy atom. The summed E-state index contributed by atoms with van der Waals surface area (Å²) in [4.78, 5) is 23.5. The molecule has 5 heteroatoms. The van der Waals surface area contributed by atoms with E-state index in [9.17, 15) is 18.4 Å². The molecule has 0 spiro atoms. The molecule has 3 aromatic rings. The number of hydrogen-bond donors (Lipinski definition) is 0. The van der Waals surface area contributed by atoms with Crippen LogP contribution in [0.2, 0.25) is 0 Å². The molecule has 0 N–H and O–H groups in total. The van der Waals surface area contributed by atoms with Crippen LogP contribution < -0.4 is 0 Å². The SMILES string of the molecule is CCOC(=O)CCc1cc(F)cc(-c2cc(C(C)=O)cc3ccc(F)cc23)c1. The summed E-state index contributed by atoms with van der Waals surface area (Å²) in [5.74, 6) is -1.36. The first-order chi connectivity index (χ1) is 13.4. The molecule has 0 saturated carbocycles. The van der Waals surface area contributed by atoms with Crippen LogP contribution in [0.1, 0.15) is 36.2 Å². The van der Waals surface area contributed by atoms with E-state index < -0.39 is 11.6 Å². The Morgan fingerprint density at radius 3 is 2.46 bits per heavy atom. The predicted molar refractivity (Wildman–Crippen MR) is 104 cm³/mol. The van der Waals surface area contributed by atoms with Gasteiger partial charge in [0, 0.05) is 12.0 Å². The number of halogens is 2. The number of rotatable bonds is 6. The van der Waals surface area contributed by atoms with E-state index in [1.165, 1.54) is 31.2 Å². The highest BCUT2D eigenvalue weighted by Gasteiger charge is 2.13. The first kappa shape index (κ1) is 19.7. The van der Waals surface area contributed by atoms with E-state index in [0.717, 1.165) is 0 Å². The topological polar surface area (TPSA) is 43.4 Å². The van der Waals surface area contributed by atoms with Crippen molar-refractivity contribution in [3.05, 3.63) is 71.3 Å². The molecule has 28 heavy (non-hydrogen) atoms. The van der Waals surface area contributed by atoms with E-state index in [4.69, 9.17) is 4.74 Å². The number of fused-ring (bicyclic) bond motifs is 1. The van der Waals surface area contributed by atoms with Gasteiger partial charge in [-0.25, -0.2) is 8.78 Å². The Morgan fingerprint density at radius 2 is 1.75 bits per heavy atom. The van der Waals surface area contributed by atoms with Crippen LogP contribution in [0, 0.1) is 11.6 Å². The van der Waals surface area contributed by atoms with Gasteiger partial charge in [0.1, 0.15) is 11.6 Å². The standard InChI is InChI=1S/C23H20F2O3/c1-3-28-23(27)7-4-15-8-18(11-20(25)9-15)21-12-17(14(2)26)10-16-5-6-19(24)13-22(16)21/h5-6,8-13H,3-4,7H2,1-2H3. The van der Waals surface area contributed by atoms with Crippen molar-refractivity contribution in [2.75, 3.05) is 6.61 Å². The molecule has 0 heterocycles. The lowest BCUT2D eigenvalue weighted by Crippen LogP contribution is -2.05. The average Bonchev–Trinajstić information content (AvgIpc) is 2.65. The summed E-state index contributed by atoms with van der Waals surface area (Å²) in [7, 11) is 0. The number of ketones is 1. The highest BCUT2D eigenvalue weighted by molar-refractivity contribution is 6.04. The van der Waals surface area contributed by atoms with Gasteiger partial charge in [0.2, 0.25) is 0 Å². The van der Waals surface area contributed by atoms with Gasteiger partial charge >= 0.3 is 5.97 Å². The molecule has 3 rings (SSSR count). The molecule has 0 aromatic heterocycles. The molecule has 0 unspecified atom stereocenters. The Bertz CT molecular complexity index is 1060. The molecule has 0 aliphatic rings. The molecule has 0 fully saturated rings. The smallest absolute Gasteiger partial charge is 0.306 e. The van der Waals surface area contributed by atoms with Crippen molar-refractivity contribution < 1.29 is 23.1 Å². The molecule has 0 saturated heterocycles. The van der Waals surface area contributed by atoms with Gasteiger partial charge in [-0.05, 0) is 84.1 Å². The van der Waals surface area contributed by atoms with Crippen LogP contribution >= 0.6 is 0 Å². The quantitative estimate of drug-likeness (QED) is 0.419. The third-order valence-corrected chi connectivity index (χ3v) is 4.51. The number of Topliss-reactive ketones (excluding diaryl/α,β-unsaturated/α-hetero) is 1. The van der Waals surface area contributed by atoms with Gasteiger partial charge in [0.25, 0.3) is 0 Å². The van der Waals surface area contributed by atoms with E-state index >= 15 is 0 Å². The zero-order valence-electron chi connectivity index (χ0n) is 15.7. The van der Waals surface area contributed by atoms with Crippen molar-refractivity contribution in [1.29, 1.82) is 0 Å². The van der Waals surface area contributed by atoms with Crippen LogP contribution in [0.4, 0.5) is 8.78 Å². The average molecular weight is 382 g/mol. The summed E-state index contributed by atoms with van der Waals surface area (Å²) < 4.78 is 33.0. The molecular weight excluding hydrogens is 362 g/mol. The molecule has 0 bridgehead atoms. The fourth-order valence-corrected chi connectivity index (χ4v) is 3.20. The maximum absolute atomic E-state index is 14.3. The number of ether oxygens (including phenoxy) is 1. The zero-order chi connectivity index (χ0) is 20.3. The van der Waals surface area contributed by atoms with Crippen molar-refractivity contribution in [2.45, 2.75) is 26.7 Å². The van der Waals surface area contributed by atoms with Crippen LogP contribution in [-0.4, -0.2) is 18.4 Å². The Hall–Kier alpha value is -3.08. The fourth-order valence-electron chi connectivity index (χ4n) is 3.20. The van der Waals surface area contributed by atoms with E-state index in [0.29, 0.717) is 46.1 Å². The Labute approximate surface area is 161 Å². The number of carbonyl (C=O) groups excluding carboxylic acids is 2. The molecule has 3 nitrogen and oxygen atoms in total. The van der Waals surface area contributed by atoms with Gasteiger partial charge in [-0.1, -0.05) is 12.1 Å². The first-order valence-corrected chi connectivity index (χ1v) is 9.07. The van der Waals surface area contributed by atoms with Gasteiger partial charge in [0.15, 0.2) is 5.78 Å². The molecular formula is C23H20F2O3. The van der Waals surface area contributed by atoms with E-state index in [-0.39, 0.29) is 18.2 Å². The molecule has 0 amide bonds. The van der Waals surface area contributed by atoms with Crippen LogP contribution in [0.5, 0.6) is 0 Å². The molecule has 0 radical (unpaired) electrons. The Kier molecular flexibility index (Phi) is 5.83. The van der Waals surface area contributed by atoms with Crippen molar-refractivity contribution in [1.82, 2.24) is 0 Å². The van der Waals surface area contributed by atoms with Crippen LogP contribution in [0.25, 0.3) is 21.9 Å². The summed E-state index contributed by atoms with van der Waals surface area (Å²) >= 11 is 0. The minimum absolute atomic E-state index is 0.133. The lowest BCUT2D eigenvalue weighted by Gasteiger charge is -2.12. The highest BCUT2D eigenvalue weighted by atomic mass is 19.1. The first-order valence-electron chi connectivity index (χ1n) is 9.07. The number of aryl methyl sites for hydroxylation is 1. The number of hydrogen-bond acceptors (Lipinski definition) is 3. The van der Waals surface area contributed by atoms with Crippen molar-refractivity contribution >= 4 is 22.5 Å². The molecule has 0 aliphatic heterocycles. The van der Waals surface area contributed by atoms with Gasteiger partial charge in [-0.3, -0.25) is 9.59 Å². The number of benzene rings is 3. The van der Waals surface area contributed by atoms with E-state index in [2.05, 4.69) is 0 Å². The van der Waals surface area contributed by atoms with Crippen molar-refractivity contribution in [3.8, 4) is 11.1 Å². The largest absolute Gasteiger partial charge is 0.466 e. The summed E-state index contributed by atoms with van der Waals surface area (Å²) in [6.07, 6.45) is 0.460. The second-order valence-electron chi connectivity index (χ2n) is 6.60. The van der Waals surface area contributed by atoms with Crippen LogP contribution in [-0.2, 0) is 16.0 Å². The van der Waals surface area contributed by atoms with Crippen LogP contribution in [0.3, 0.4) is 0 Å². The van der Waals surface area contributed by atoms with E-state index in [1.54, 1.807) is 31.2 Å². The molecule has 144 valence electrons. The monoisotopic (exact) mass is 382 g/mol.